The van der Waals surface area contributed by atoms with Crippen molar-refractivity contribution in [1.29, 1.82) is 0 Å². The second kappa shape index (κ2) is 5.48. The second-order valence-corrected chi connectivity index (χ2v) is 3.92. The molecule has 0 radical (unpaired) electrons. The molecule has 2 rings (SSSR count). The van der Waals surface area contributed by atoms with Crippen LogP contribution in [0.4, 0.5) is 11.4 Å². The Kier molecular flexibility index (Phi) is 3.75. The molecule has 0 aliphatic rings. The largest absolute Gasteiger partial charge is 0.315 e. The van der Waals surface area contributed by atoms with Gasteiger partial charge in [0, 0.05) is 0 Å². The van der Waals surface area contributed by atoms with E-state index in [-0.39, 0.29) is 6.17 Å². The molecule has 0 saturated carbocycles. The lowest BCUT2D eigenvalue weighted by molar-refractivity contribution is 0.577. The Morgan fingerprint density at radius 1 is 0.882 bits per heavy atom. The van der Waals surface area contributed by atoms with E-state index in [0.29, 0.717) is 0 Å². The third-order valence-corrected chi connectivity index (χ3v) is 2.36. The zero-order chi connectivity index (χ0) is 12.1. The van der Waals surface area contributed by atoms with Crippen molar-refractivity contribution in [1.82, 2.24) is 5.43 Å². The number of hydrogen-bond acceptors (Lipinski definition) is 3. The Labute approximate surface area is 102 Å². The number of hydrazine groups is 1. The van der Waals surface area contributed by atoms with Gasteiger partial charge >= 0.3 is 0 Å². The van der Waals surface area contributed by atoms with Crippen molar-refractivity contribution in [2.75, 3.05) is 5.01 Å². The van der Waals surface area contributed by atoms with Gasteiger partial charge in [-0.15, -0.1) is 0 Å². The van der Waals surface area contributed by atoms with Crippen LogP contribution in [0.25, 0.3) is 0 Å². The van der Waals surface area contributed by atoms with E-state index in [1.54, 1.807) is 0 Å². The molecule has 2 aromatic carbocycles. The fraction of sp³-hybridized carbons (Fsp3) is 0.143. The van der Waals surface area contributed by atoms with E-state index in [1.807, 2.05) is 72.6 Å². The lowest BCUT2D eigenvalue weighted by Gasteiger charge is -2.27. The highest BCUT2D eigenvalue weighted by atomic mass is 15.5. The topological polar surface area (TPSA) is 41.3 Å². The maximum Gasteiger partial charge on any atom is 0.0702 e. The Morgan fingerprint density at radius 2 is 1.29 bits per heavy atom. The summed E-state index contributed by atoms with van der Waals surface area (Å²) in [4.78, 5) is 0. The number of para-hydroxylation sites is 2. The molecule has 17 heavy (non-hydrogen) atoms. The summed E-state index contributed by atoms with van der Waals surface area (Å²) in [6.45, 7) is 1.92. The minimum absolute atomic E-state index is 0.115. The smallest absolute Gasteiger partial charge is 0.0702 e. The Morgan fingerprint density at radius 3 is 1.65 bits per heavy atom. The zero-order valence-corrected chi connectivity index (χ0v) is 9.88. The number of nitrogens with one attached hydrogen (secondary N) is 1. The fourth-order valence-electron chi connectivity index (χ4n) is 1.66. The van der Waals surface area contributed by atoms with Gasteiger partial charge in [-0.3, -0.25) is 5.01 Å². The van der Waals surface area contributed by atoms with E-state index < -0.39 is 0 Å². The van der Waals surface area contributed by atoms with Crippen molar-refractivity contribution in [3.8, 4) is 0 Å². The lowest BCUT2D eigenvalue weighted by atomic mass is 10.2. The number of nitrogens with two attached hydrogens (primary N) is 1. The number of rotatable bonds is 4. The molecule has 3 heteroatoms. The van der Waals surface area contributed by atoms with Crippen LogP contribution in [0.15, 0.2) is 60.7 Å². The van der Waals surface area contributed by atoms with Gasteiger partial charge in [0.15, 0.2) is 0 Å². The van der Waals surface area contributed by atoms with Crippen LogP contribution in [0.3, 0.4) is 0 Å². The first-order chi connectivity index (χ1) is 8.27. The molecule has 0 bridgehead atoms. The van der Waals surface area contributed by atoms with Gasteiger partial charge in [0.25, 0.3) is 0 Å². The number of anilines is 2. The van der Waals surface area contributed by atoms with E-state index in [4.69, 9.17) is 5.73 Å². The van der Waals surface area contributed by atoms with Crippen LogP contribution >= 0.6 is 0 Å². The number of benzene rings is 2. The summed E-state index contributed by atoms with van der Waals surface area (Å²) in [5.74, 6) is 0. The van der Waals surface area contributed by atoms with Crippen LogP contribution in [0.5, 0.6) is 0 Å². The van der Waals surface area contributed by atoms with E-state index in [9.17, 15) is 0 Å². The molecule has 0 amide bonds. The van der Waals surface area contributed by atoms with Gasteiger partial charge in [0.05, 0.1) is 17.5 Å². The first kappa shape index (κ1) is 11.6. The van der Waals surface area contributed by atoms with Gasteiger partial charge in [-0.05, 0) is 31.2 Å². The average molecular weight is 227 g/mol. The predicted octanol–water partition coefficient (Wildman–Crippen LogP) is 2.63. The Bertz CT molecular complexity index is 400. The highest BCUT2D eigenvalue weighted by molar-refractivity contribution is 5.61. The van der Waals surface area contributed by atoms with E-state index in [1.165, 1.54) is 0 Å². The second-order valence-electron chi connectivity index (χ2n) is 3.92. The summed E-state index contributed by atoms with van der Waals surface area (Å²) >= 11 is 0. The summed E-state index contributed by atoms with van der Waals surface area (Å²) < 4.78 is 0. The quantitative estimate of drug-likeness (QED) is 0.623. The molecule has 1 unspecified atom stereocenters. The minimum atomic E-state index is -0.115. The third-order valence-electron chi connectivity index (χ3n) is 2.36. The molecular weight excluding hydrogens is 210 g/mol. The molecule has 0 aliphatic carbocycles. The number of nitrogens with zero attached hydrogens (tertiary/aromatic N) is 1. The van der Waals surface area contributed by atoms with Crippen LogP contribution in [0.2, 0.25) is 0 Å². The summed E-state index contributed by atoms with van der Waals surface area (Å²) in [5, 5.41) is 1.99. The van der Waals surface area contributed by atoms with Gasteiger partial charge in [-0.2, -0.15) is 0 Å². The normalized spacial score (nSPS) is 12.1. The molecule has 0 heterocycles. The van der Waals surface area contributed by atoms with Gasteiger partial charge in [-0.25, -0.2) is 5.43 Å². The van der Waals surface area contributed by atoms with Crippen LogP contribution in [0, 0.1) is 0 Å². The van der Waals surface area contributed by atoms with Gasteiger partial charge < -0.3 is 5.73 Å². The van der Waals surface area contributed by atoms with Crippen molar-refractivity contribution in [3.63, 3.8) is 0 Å². The highest BCUT2D eigenvalue weighted by Gasteiger charge is 2.09. The van der Waals surface area contributed by atoms with E-state index >= 15 is 0 Å². The molecule has 0 aliphatic heterocycles. The molecule has 88 valence electrons. The molecule has 2 aromatic rings. The Balaban J connectivity index is 2.32. The maximum absolute atomic E-state index is 5.82. The molecule has 1 atom stereocenters. The molecule has 0 aromatic heterocycles. The molecule has 0 saturated heterocycles. The first-order valence-corrected chi connectivity index (χ1v) is 5.69. The summed E-state index contributed by atoms with van der Waals surface area (Å²) in [6, 6.07) is 20.2. The van der Waals surface area contributed by atoms with Crippen LogP contribution in [0.1, 0.15) is 6.92 Å². The third kappa shape index (κ3) is 3.06. The van der Waals surface area contributed by atoms with Crippen LogP contribution < -0.4 is 16.2 Å². The number of hydrogen-bond donors (Lipinski definition) is 2. The Hall–Kier alpha value is -1.84. The minimum Gasteiger partial charge on any atom is -0.315 e. The van der Waals surface area contributed by atoms with Crippen molar-refractivity contribution in [3.05, 3.63) is 60.7 Å². The van der Waals surface area contributed by atoms with E-state index in [2.05, 4.69) is 5.43 Å². The van der Waals surface area contributed by atoms with Gasteiger partial charge in [0.2, 0.25) is 0 Å². The van der Waals surface area contributed by atoms with Crippen LogP contribution in [-0.2, 0) is 0 Å². The van der Waals surface area contributed by atoms with E-state index in [0.717, 1.165) is 11.4 Å². The fourth-order valence-corrected chi connectivity index (χ4v) is 1.66. The summed E-state index contributed by atoms with van der Waals surface area (Å²) in [7, 11) is 0. The van der Waals surface area contributed by atoms with Crippen molar-refractivity contribution < 1.29 is 0 Å². The molecule has 3 nitrogen and oxygen atoms in total. The first-order valence-electron chi connectivity index (χ1n) is 5.69. The van der Waals surface area contributed by atoms with Crippen molar-refractivity contribution in [2.45, 2.75) is 13.1 Å². The maximum atomic E-state index is 5.82. The lowest BCUT2D eigenvalue weighted by Crippen LogP contribution is -2.45. The molecule has 0 spiro atoms. The van der Waals surface area contributed by atoms with Gasteiger partial charge in [0.1, 0.15) is 0 Å². The molecule has 3 N–H and O–H groups in total. The molecular formula is C14H17N3. The van der Waals surface area contributed by atoms with Crippen molar-refractivity contribution >= 4 is 11.4 Å². The average Bonchev–Trinajstić information content (AvgIpc) is 2.38. The highest BCUT2D eigenvalue weighted by Crippen LogP contribution is 2.22. The van der Waals surface area contributed by atoms with Crippen molar-refractivity contribution in [2.24, 2.45) is 5.73 Å². The summed E-state index contributed by atoms with van der Waals surface area (Å²) in [5.41, 5.74) is 11.2. The standard InChI is InChI=1S/C14H17N3/c1-12(15)16-17(13-8-4-2-5-9-13)14-10-6-3-7-11-14/h2-12,16H,15H2,1H3. The monoisotopic (exact) mass is 227 g/mol. The SMILES string of the molecule is CC(N)NN(c1ccccc1)c1ccccc1. The van der Waals surface area contributed by atoms with Crippen LogP contribution in [-0.4, -0.2) is 6.17 Å². The predicted molar refractivity (Wildman–Crippen MR) is 71.8 cm³/mol. The summed E-state index contributed by atoms with van der Waals surface area (Å²) in [6.07, 6.45) is -0.115. The zero-order valence-electron chi connectivity index (χ0n) is 9.88. The molecule has 0 fully saturated rings. The van der Waals surface area contributed by atoms with Gasteiger partial charge in [-0.1, -0.05) is 36.4 Å².